The highest BCUT2D eigenvalue weighted by molar-refractivity contribution is 5.82. The molecule has 0 aliphatic carbocycles. The molecular weight excluding hydrogens is 244 g/mol. The van der Waals surface area contributed by atoms with E-state index in [-0.39, 0.29) is 0 Å². The van der Waals surface area contributed by atoms with E-state index in [9.17, 15) is 0 Å². The van der Waals surface area contributed by atoms with Crippen molar-refractivity contribution in [2.24, 2.45) is 0 Å². The molecule has 0 aliphatic rings. The zero-order chi connectivity index (χ0) is 14.1. The SMILES string of the molecule is C=c1[nH]c2ccccc2/c1=C/c1[nH]cc(C)c1CCC. The molecule has 20 heavy (non-hydrogen) atoms. The van der Waals surface area contributed by atoms with Gasteiger partial charge >= 0.3 is 0 Å². The number of aromatic nitrogens is 2. The first-order valence-electron chi connectivity index (χ1n) is 7.15. The highest BCUT2D eigenvalue weighted by Gasteiger charge is 2.06. The van der Waals surface area contributed by atoms with E-state index in [4.69, 9.17) is 0 Å². The van der Waals surface area contributed by atoms with Gasteiger partial charge in [0, 0.05) is 33.4 Å². The fourth-order valence-corrected chi connectivity index (χ4v) is 2.81. The van der Waals surface area contributed by atoms with Gasteiger partial charge in [0.2, 0.25) is 0 Å². The van der Waals surface area contributed by atoms with Crippen LogP contribution < -0.4 is 10.6 Å². The van der Waals surface area contributed by atoms with Gasteiger partial charge in [0.1, 0.15) is 0 Å². The second-order valence-corrected chi connectivity index (χ2v) is 5.32. The Morgan fingerprint density at radius 2 is 2.05 bits per heavy atom. The van der Waals surface area contributed by atoms with Crippen LogP contribution in [-0.2, 0) is 6.42 Å². The number of hydrogen-bond acceptors (Lipinski definition) is 0. The lowest BCUT2D eigenvalue weighted by Gasteiger charge is -1.99. The molecule has 0 aliphatic heterocycles. The van der Waals surface area contributed by atoms with E-state index in [0.29, 0.717) is 0 Å². The molecule has 0 amide bonds. The predicted molar refractivity (Wildman–Crippen MR) is 86.2 cm³/mol. The summed E-state index contributed by atoms with van der Waals surface area (Å²) in [6, 6.07) is 8.35. The zero-order valence-electron chi connectivity index (χ0n) is 12.1. The van der Waals surface area contributed by atoms with Crippen LogP contribution in [0.5, 0.6) is 0 Å². The van der Waals surface area contributed by atoms with E-state index in [0.717, 1.165) is 23.7 Å². The molecule has 0 bridgehead atoms. The molecule has 2 heteroatoms. The van der Waals surface area contributed by atoms with Crippen LogP contribution in [0.4, 0.5) is 0 Å². The van der Waals surface area contributed by atoms with Gasteiger partial charge in [-0.05, 0) is 36.6 Å². The van der Waals surface area contributed by atoms with Gasteiger partial charge in [0.15, 0.2) is 0 Å². The Labute approximate surface area is 118 Å². The number of rotatable bonds is 3. The van der Waals surface area contributed by atoms with Crippen LogP contribution in [-0.4, -0.2) is 9.97 Å². The standard InChI is InChI=1S/C18H20N2/c1-4-7-14-12(2)11-19-18(14)10-16-13(3)20-17-9-6-5-8-15(16)17/h5-6,8-11,19-20H,3-4,7H2,1-2H3/b16-10+. The molecule has 3 rings (SSSR count). The first-order valence-corrected chi connectivity index (χ1v) is 7.15. The van der Waals surface area contributed by atoms with Crippen molar-refractivity contribution in [2.45, 2.75) is 26.7 Å². The second kappa shape index (κ2) is 5.04. The molecule has 0 radical (unpaired) electrons. The highest BCUT2D eigenvalue weighted by Crippen LogP contribution is 2.16. The zero-order valence-corrected chi connectivity index (χ0v) is 12.1. The van der Waals surface area contributed by atoms with Gasteiger partial charge in [-0.3, -0.25) is 0 Å². The van der Waals surface area contributed by atoms with Gasteiger partial charge in [-0.25, -0.2) is 0 Å². The number of aromatic amines is 2. The maximum absolute atomic E-state index is 4.14. The smallest absolute Gasteiger partial charge is 0.0464 e. The van der Waals surface area contributed by atoms with Crippen molar-refractivity contribution < 1.29 is 0 Å². The molecule has 0 spiro atoms. The average molecular weight is 264 g/mol. The molecule has 0 atom stereocenters. The first-order chi connectivity index (χ1) is 9.70. The molecule has 2 aromatic heterocycles. The monoisotopic (exact) mass is 264 g/mol. The Kier molecular flexibility index (Phi) is 3.23. The molecular formula is C18H20N2. The van der Waals surface area contributed by atoms with E-state index in [1.807, 2.05) is 6.07 Å². The molecule has 102 valence electrons. The third-order valence-corrected chi connectivity index (χ3v) is 3.86. The maximum atomic E-state index is 4.14. The summed E-state index contributed by atoms with van der Waals surface area (Å²) in [7, 11) is 0. The molecule has 0 unspecified atom stereocenters. The molecule has 0 saturated heterocycles. The minimum absolute atomic E-state index is 0.973. The topological polar surface area (TPSA) is 31.6 Å². The van der Waals surface area contributed by atoms with E-state index >= 15 is 0 Å². The summed E-state index contributed by atoms with van der Waals surface area (Å²) in [4.78, 5) is 6.74. The van der Waals surface area contributed by atoms with Gasteiger partial charge in [0.05, 0.1) is 0 Å². The van der Waals surface area contributed by atoms with E-state index < -0.39 is 0 Å². The lowest BCUT2D eigenvalue weighted by atomic mass is 10.1. The van der Waals surface area contributed by atoms with Crippen molar-refractivity contribution >= 4 is 23.6 Å². The molecule has 0 fully saturated rings. The third kappa shape index (κ3) is 2.07. The number of nitrogens with one attached hydrogen (secondary N) is 2. The predicted octanol–water partition coefficient (Wildman–Crippen LogP) is 3.00. The Morgan fingerprint density at radius 1 is 1.25 bits per heavy atom. The van der Waals surface area contributed by atoms with Gasteiger partial charge in [0.25, 0.3) is 0 Å². The van der Waals surface area contributed by atoms with Crippen LogP contribution >= 0.6 is 0 Å². The van der Waals surface area contributed by atoms with Gasteiger partial charge in [-0.15, -0.1) is 0 Å². The normalized spacial score (nSPS) is 12.4. The lowest BCUT2D eigenvalue weighted by Crippen LogP contribution is -2.21. The summed E-state index contributed by atoms with van der Waals surface area (Å²) < 4.78 is 0. The minimum atomic E-state index is 0.973. The van der Waals surface area contributed by atoms with Crippen LogP contribution in [0.15, 0.2) is 30.5 Å². The third-order valence-electron chi connectivity index (χ3n) is 3.86. The molecule has 3 aromatic rings. The highest BCUT2D eigenvalue weighted by atomic mass is 14.7. The van der Waals surface area contributed by atoms with Gasteiger partial charge < -0.3 is 9.97 Å². The molecule has 2 heterocycles. The summed E-state index contributed by atoms with van der Waals surface area (Å²) in [5.74, 6) is 0. The number of aryl methyl sites for hydroxylation is 1. The van der Waals surface area contributed by atoms with Crippen LogP contribution in [0.25, 0.3) is 23.6 Å². The first kappa shape index (κ1) is 12.8. The Balaban J connectivity index is 2.25. The number of para-hydroxylation sites is 1. The second-order valence-electron chi connectivity index (χ2n) is 5.32. The van der Waals surface area contributed by atoms with E-state index in [1.54, 1.807) is 0 Å². The number of fused-ring (bicyclic) bond motifs is 1. The van der Waals surface area contributed by atoms with Crippen molar-refractivity contribution in [2.75, 3.05) is 0 Å². The molecule has 0 saturated carbocycles. The largest absolute Gasteiger partial charge is 0.361 e. The van der Waals surface area contributed by atoms with Crippen molar-refractivity contribution in [3.8, 4) is 0 Å². The summed E-state index contributed by atoms with van der Waals surface area (Å²) in [6.45, 7) is 8.52. The summed E-state index contributed by atoms with van der Waals surface area (Å²) in [5, 5.41) is 3.38. The van der Waals surface area contributed by atoms with Crippen LogP contribution in [0.1, 0.15) is 30.2 Å². The van der Waals surface area contributed by atoms with E-state index in [1.165, 1.54) is 27.4 Å². The Morgan fingerprint density at radius 3 is 2.85 bits per heavy atom. The van der Waals surface area contributed by atoms with Crippen molar-refractivity contribution in [1.82, 2.24) is 9.97 Å². The van der Waals surface area contributed by atoms with Gasteiger partial charge in [-0.1, -0.05) is 38.1 Å². The summed E-state index contributed by atoms with van der Waals surface area (Å²) in [6.07, 6.45) is 6.58. The van der Waals surface area contributed by atoms with E-state index in [2.05, 4.69) is 60.9 Å². The number of benzene rings is 1. The molecule has 2 N–H and O–H groups in total. The Hall–Kier alpha value is -2.22. The fraction of sp³-hybridized carbons (Fsp3) is 0.222. The summed E-state index contributed by atoms with van der Waals surface area (Å²) in [5.41, 5.74) is 5.10. The Bertz CT molecular complexity index is 849. The van der Waals surface area contributed by atoms with Crippen molar-refractivity contribution in [3.05, 3.63) is 57.9 Å². The number of hydrogen-bond donors (Lipinski definition) is 2. The van der Waals surface area contributed by atoms with Crippen LogP contribution in [0.3, 0.4) is 0 Å². The maximum Gasteiger partial charge on any atom is 0.0464 e. The number of H-pyrrole nitrogens is 2. The quantitative estimate of drug-likeness (QED) is 0.729. The molecule has 2 nitrogen and oxygen atoms in total. The minimum Gasteiger partial charge on any atom is -0.361 e. The molecule has 1 aromatic carbocycles. The van der Waals surface area contributed by atoms with Crippen molar-refractivity contribution in [3.63, 3.8) is 0 Å². The van der Waals surface area contributed by atoms with Crippen LogP contribution in [0.2, 0.25) is 0 Å². The lowest BCUT2D eigenvalue weighted by molar-refractivity contribution is 0.913. The van der Waals surface area contributed by atoms with Gasteiger partial charge in [-0.2, -0.15) is 0 Å². The summed E-state index contributed by atoms with van der Waals surface area (Å²) >= 11 is 0. The average Bonchev–Trinajstić information content (AvgIpc) is 2.94. The van der Waals surface area contributed by atoms with Crippen molar-refractivity contribution in [1.29, 1.82) is 0 Å². The fourth-order valence-electron chi connectivity index (χ4n) is 2.81. The van der Waals surface area contributed by atoms with Crippen LogP contribution in [0, 0.1) is 6.92 Å².